The van der Waals surface area contributed by atoms with E-state index in [2.05, 4.69) is 15.2 Å². The zero-order valence-corrected chi connectivity index (χ0v) is 15.9. The van der Waals surface area contributed by atoms with Crippen LogP contribution in [0.25, 0.3) is 0 Å². The Balaban J connectivity index is 1.59. The summed E-state index contributed by atoms with van der Waals surface area (Å²) in [6, 6.07) is 5.92. The van der Waals surface area contributed by atoms with Crippen molar-refractivity contribution in [3.63, 3.8) is 0 Å². The summed E-state index contributed by atoms with van der Waals surface area (Å²) in [4.78, 5) is 6.69. The van der Waals surface area contributed by atoms with Crippen molar-refractivity contribution in [1.29, 1.82) is 0 Å². The minimum Gasteiger partial charge on any atom is -0.493 e. The summed E-state index contributed by atoms with van der Waals surface area (Å²) < 4.78 is 22.4. The maximum absolute atomic E-state index is 5.93. The first-order valence-electron chi connectivity index (χ1n) is 9.15. The molecule has 2 unspecified atom stereocenters. The fraction of sp³-hybridized carbons (Fsp3) is 0.632. The minimum absolute atomic E-state index is 0.117. The lowest BCUT2D eigenvalue weighted by Crippen LogP contribution is -2.53. The normalized spacial score (nSPS) is 23.8. The van der Waals surface area contributed by atoms with Crippen LogP contribution in [-0.4, -0.2) is 70.6 Å². The Morgan fingerprint density at radius 3 is 2.69 bits per heavy atom. The van der Waals surface area contributed by atoms with Crippen molar-refractivity contribution in [2.75, 3.05) is 47.6 Å². The molecule has 0 saturated carbocycles. The SMILES string of the molecule is CN=C(NCc1ccc(OC)c(OC)c1)N1CCOC(C2CCCO2)C1. The Morgan fingerprint density at radius 2 is 2.00 bits per heavy atom. The van der Waals surface area contributed by atoms with Crippen LogP contribution in [0.5, 0.6) is 11.5 Å². The molecule has 0 spiro atoms. The molecular formula is C19H29N3O4. The van der Waals surface area contributed by atoms with Gasteiger partial charge in [0.15, 0.2) is 17.5 Å². The molecule has 2 fully saturated rings. The van der Waals surface area contributed by atoms with E-state index in [0.29, 0.717) is 13.2 Å². The van der Waals surface area contributed by atoms with Crippen molar-refractivity contribution in [2.45, 2.75) is 31.6 Å². The highest BCUT2D eigenvalue weighted by atomic mass is 16.5. The van der Waals surface area contributed by atoms with Gasteiger partial charge in [0, 0.05) is 33.3 Å². The van der Waals surface area contributed by atoms with Crippen LogP contribution in [0.15, 0.2) is 23.2 Å². The summed E-state index contributed by atoms with van der Waals surface area (Å²) >= 11 is 0. The summed E-state index contributed by atoms with van der Waals surface area (Å²) in [5.41, 5.74) is 1.10. The highest BCUT2D eigenvalue weighted by molar-refractivity contribution is 5.80. The number of benzene rings is 1. The highest BCUT2D eigenvalue weighted by Crippen LogP contribution is 2.27. The average molecular weight is 363 g/mol. The molecule has 26 heavy (non-hydrogen) atoms. The third-order valence-electron chi connectivity index (χ3n) is 4.88. The van der Waals surface area contributed by atoms with Gasteiger partial charge in [-0.25, -0.2) is 0 Å². The van der Waals surface area contributed by atoms with Gasteiger partial charge in [-0.2, -0.15) is 0 Å². The van der Waals surface area contributed by atoms with Gasteiger partial charge in [0.1, 0.15) is 6.10 Å². The molecule has 0 radical (unpaired) electrons. The maximum Gasteiger partial charge on any atom is 0.194 e. The quantitative estimate of drug-likeness (QED) is 0.634. The molecular weight excluding hydrogens is 334 g/mol. The number of nitrogens with zero attached hydrogens (tertiary/aromatic N) is 2. The molecule has 3 rings (SSSR count). The van der Waals surface area contributed by atoms with E-state index in [1.807, 2.05) is 25.2 Å². The molecule has 0 aromatic heterocycles. The first-order valence-corrected chi connectivity index (χ1v) is 9.15. The van der Waals surface area contributed by atoms with Crippen molar-refractivity contribution >= 4 is 5.96 Å². The van der Waals surface area contributed by atoms with E-state index in [1.54, 1.807) is 14.2 Å². The molecule has 2 aliphatic rings. The van der Waals surface area contributed by atoms with E-state index < -0.39 is 0 Å². The molecule has 7 nitrogen and oxygen atoms in total. The van der Waals surface area contributed by atoms with Crippen LogP contribution in [0.4, 0.5) is 0 Å². The standard InChI is InChI=1S/C19H29N3O4/c1-20-19(21-12-14-6-7-15(23-2)17(11-14)24-3)22-8-10-26-18(13-22)16-5-4-9-25-16/h6-7,11,16,18H,4-5,8-10,12-13H2,1-3H3,(H,20,21). The minimum atomic E-state index is 0.117. The fourth-order valence-corrected chi connectivity index (χ4v) is 3.49. The number of hydrogen-bond acceptors (Lipinski definition) is 5. The molecule has 1 aromatic carbocycles. The van der Waals surface area contributed by atoms with Crippen molar-refractivity contribution in [3.8, 4) is 11.5 Å². The number of hydrogen-bond donors (Lipinski definition) is 1. The summed E-state index contributed by atoms with van der Waals surface area (Å²) in [7, 11) is 5.10. The van der Waals surface area contributed by atoms with Crippen molar-refractivity contribution < 1.29 is 18.9 Å². The van der Waals surface area contributed by atoms with Gasteiger partial charge in [0.2, 0.25) is 0 Å². The van der Waals surface area contributed by atoms with E-state index in [4.69, 9.17) is 18.9 Å². The second-order valence-corrected chi connectivity index (χ2v) is 6.50. The first-order chi connectivity index (χ1) is 12.7. The second-order valence-electron chi connectivity index (χ2n) is 6.50. The number of ether oxygens (including phenoxy) is 4. The number of methoxy groups -OCH3 is 2. The van der Waals surface area contributed by atoms with Gasteiger partial charge >= 0.3 is 0 Å². The predicted octanol–water partition coefficient (Wildman–Crippen LogP) is 1.66. The summed E-state index contributed by atoms with van der Waals surface area (Å²) in [5.74, 6) is 2.34. The molecule has 7 heteroatoms. The topological polar surface area (TPSA) is 64.6 Å². The maximum atomic E-state index is 5.93. The van der Waals surface area contributed by atoms with Crippen LogP contribution in [0.3, 0.4) is 0 Å². The van der Waals surface area contributed by atoms with Crippen LogP contribution in [0.1, 0.15) is 18.4 Å². The van der Waals surface area contributed by atoms with Crippen LogP contribution in [-0.2, 0) is 16.0 Å². The van der Waals surface area contributed by atoms with Crippen LogP contribution in [0, 0.1) is 0 Å². The molecule has 1 N–H and O–H groups in total. The lowest BCUT2D eigenvalue weighted by Gasteiger charge is -2.37. The Labute approximate surface area is 155 Å². The van der Waals surface area contributed by atoms with Gasteiger partial charge in [-0.05, 0) is 30.5 Å². The molecule has 2 aliphatic heterocycles. The Bertz CT molecular complexity index is 617. The Hall–Kier alpha value is -1.99. The summed E-state index contributed by atoms with van der Waals surface area (Å²) in [6.07, 6.45) is 2.53. The van der Waals surface area contributed by atoms with E-state index in [9.17, 15) is 0 Å². The second kappa shape index (κ2) is 9.09. The van der Waals surface area contributed by atoms with Gasteiger partial charge in [-0.3, -0.25) is 4.99 Å². The Kier molecular flexibility index (Phi) is 6.57. The fourth-order valence-electron chi connectivity index (χ4n) is 3.49. The third kappa shape index (κ3) is 4.40. The van der Waals surface area contributed by atoms with Crippen LogP contribution in [0.2, 0.25) is 0 Å². The van der Waals surface area contributed by atoms with Crippen molar-refractivity contribution in [3.05, 3.63) is 23.8 Å². The van der Waals surface area contributed by atoms with Crippen molar-refractivity contribution in [2.24, 2.45) is 4.99 Å². The van der Waals surface area contributed by atoms with E-state index in [-0.39, 0.29) is 12.2 Å². The molecule has 2 heterocycles. The smallest absolute Gasteiger partial charge is 0.194 e. The average Bonchev–Trinajstić information content (AvgIpc) is 3.23. The largest absolute Gasteiger partial charge is 0.493 e. The summed E-state index contributed by atoms with van der Waals surface area (Å²) in [5, 5.41) is 3.44. The number of rotatable bonds is 5. The highest BCUT2D eigenvalue weighted by Gasteiger charge is 2.32. The van der Waals surface area contributed by atoms with Gasteiger partial charge < -0.3 is 29.2 Å². The zero-order chi connectivity index (χ0) is 18.4. The molecule has 0 amide bonds. The molecule has 2 saturated heterocycles. The lowest BCUT2D eigenvalue weighted by atomic mass is 10.1. The molecule has 144 valence electrons. The van der Waals surface area contributed by atoms with Crippen LogP contribution < -0.4 is 14.8 Å². The molecule has 0 bridgehead atoms. The molecule has 0 aliphatic carbocycles. The lowest BCUT2D eigenvalue weighted by molar-refractivity contribution is -0.0817. The van der Waals surface area contributed by atoms with E-state index in [0.717, 1.165) is 55.6 Å². The molecule has 2 atom stereocenters. The predicted molar refractivity (Wildman–Crippen MR) is 100 cm³/mol. The first kappa shape index (κ1) is 18.8. The van der Waals surface area contributed by atoms with Crippen LogP contribution >= 0.6 is 0 Å². The molecule has 1 aromatic rings. The monoisotopic (exact) mass is 363 g/mol. The van der Waals surface area contributed by atoms with E-state index in [1.165, 1.54) is 0 Å². The van der Waals surface area contributed by atoms with Gasteiger partial charge in [-0.15, -0.1) is 0 Å². The third-order valence-corrected chi connectivity index (χ3v) is 4.88. The number of aliphatic imine (C=N–C) groups is 1. The number of morpholine rings is 1. The summed E-state index contributed by atoms with van der Waals surface area (Å²) in [6.45, 7) is 3.83. The number of nitrogens with one attached hydrogen (secondary N) is 1. The number of guanidine groups is 1. The zero-order valence-electron chi connectivity index (χ0n) is 15.9. The van der Waals surface area contributed by atoms with Gasteiger partial charge in [0.25, 0.3) is 0 Å². The van der Waals surface area contributed by atoms with Gasteiger partial charge in [0.05, 0.1) is 26.9 Å². The van der Waals surface area contributed by atoms with Crippen molar-refractivity contribution in [1.82, 2.24) is 10.2 Å². The Morgan fingerprint density at radius 1 is 1.19 bits per heavy atom. The van der Waals surface area contributed by atoms with E-state index >= 15 is 0 Å². The van der Waals surface area contributed by atoms with Gasteiger partial charge in [-0.1, -0.05) is 6.07 Å².